The van der Waals surface area contributed by atoms with E-state index < -0.39 is 0 Å². The van der Waals surface area contributed by atoms with E-state index in [-0.39, 0.29) is 0 Å². The van der Waals surface area contributed by atoms with Crippen LogP contribution in [0.3, 0.4) is 0 Å². The summed E-state index contributed by atoms with van der Waals surface area (Å²) in [5, 5.41) is 6.61. The minimum absolute atomic E-state index is 0.681. The Morgan fingerprint density at radius 3 is 2.58 bits per heavy atom. The minimum Gasteiger partial charge on any atom is -0.317 e. The molecule has 0 aromatic heterocycles. The van der Waals surface area contributed by atoms with E-state index in [1.54, 1.807) is 6.08 Å². The van der Waals surface area contributed by atoms with E-state index in [0.717, 1.165) is 5.92 Å². The fourth-order valence-electron chi connectivity index (χ4n) is 1.34. The summed E-state index contributed by atoms with van der Waals surface area (Å²) in [6, 6.07) is 0.681. The molecule has 0 radical (unpaired) electrons. The molecule has 1 saturated heterocycles. The first-order chi connectivity index (χ1) is 5.76. The zero-order chi connectivity index (χ0) is 9.40. The fraction of sp³-hybridized carbons (Fsp3) is 0.800. The normalized spacial score (nSPS) is 24.1. The van der Waals surface area contributed by atoms with Crippen molar-refractivity contribution < 1.29 is 0 Å². The lowest BCUT2D eigenvalue weighted by Crippen LogP contribution is -2.31. The Labute approximate surface area is 76.4 Å². The Morgan fingerprint density at radius 1 is 1.67 bits per heavy atom. The van der Waals surface area contributed by atoms with Gasteiger partial charge in [-0.1, -0.05) is 6.08 Å². The van der Waals surface area contributed by atoms with E-state index in [1.807, 2.05) is 14.0 Å². The van der Waals surface area contributed by atoms with Crippen LogP contribution in [0.25, 0.3) is 0 Å². The molecular formula is C10H22N2. The van der Waals surface area contributed by atoms with Crippen molar-refractivity contribution in [1.29, 1.82) is 0 Å². The van der Waals surface area contributed by atoms with Gasteiger partial charge in [0.1, 0.15) is 0 Å². The van der Waals surface area contributed by atoms with Crippen LogP contribution in [0.4, 0.5) is 0 Å². The first kappa shape index (κ1) is 11.7. The highest BCUT2D eigenvalue weighted by Gasteiger charge is 2.18. The molecule has 1 heterocycles. The molecule has 0 bridgehead atoms. The Hall–Kier alpha value is -0.340. The molecule has 2 atom stereocenters. The summed E-state index contributed by atoms with van der Waals surface area (Å²) in [6.45, 7) is 9.90. The number of allylic oxidation sites excluding steroid dienone is 1. The van der Waals surface area contributed by atoms with Crippen LogP contribution >= 0.6 is 0 Å². The van der Waals surface area contributed by atoms with Gasteiger partial charge in [-0.25, -0.2) is 0 Å². The summed E-state index contributed by atoms with van der Waals surface area (Å²) in [7, 11) is 2.03. The minimum atomic E-state index is 0.681. The molecule has 0 amide bonds. The lowest BCUT2D eigenvalue weighted by Gasteiger charge is -2.16. The smallest absolute Gasteiger partial charge is 0.00765 e. The van der Waals surface area contributed by atoms with Crippen molar-refractivity contribution >= 4 is 0 Å². The van der Waals surface area contributed by atoms with Crippen molar-refractivity contribution in [1.82, 2.24) is 10.6 Å². The number of hydrogen-bond donors (Lipinski definition) is 2. The van der Waals surface area contributed by atoms with E-state index in [4.69, 9.17) is 0 Å². The molecule has 1 rings (SSSR count). The lowest BCUT2D eigenvalue weighted by molar-refractivity contribution is 0.425. The summed E-state index contributed by atoms with van der Waals surface area (Å²) in [4.78, 5) is 0. The van der Waals surface area contributed by atoms with Gasteiger partial charge in [-0.3, -0.25) is 0 Å². The maximum atomic E-state index is 3.36. The van der Waals surface area contributed by atoms with Gasteiger partial charge < -0.3 is 10.6 Å². The average Bonchev–Trinajstić information content (AvgIpc) is 2.56. The monoisotopic (exact) mass is 170 g/mol. The Balaban J connectivity index is 0.000000354. The molecule has 2 heteroatoms. The predicted molar refractivity (Wildman–Crippen MR) is 55.4 cm³/mol. The largest absolute Gasteiger partial charge is 0.317 e. The molecule has 2 nitrogen and oxygen atoms in total. The second-order valence-electron chi connectivity index (χ2n) is 3.24. The van der Waals surface area contributed by atoms with Crippen molar-refractivity contribution in [2.45, 2.75) is 26.3 Å². The van der Waals surface area contributed by atoms with Gasteiger partial charge in [0.15, 0.2) is 0 Å². The maximum absolute atomic E-state index is 3.36. The van der Waals surface area contributed by atoms with Crippen LogP contribution in [0.1, 0.15) is 20.3 Å². The Kier molecular flexibility index (Phi) is 7.11. The summed E-state index contributed by atoms with van der Waals surface area (Å²) < 4.78 is 0. The third kappa shape index (κ3) is 4.52. The molecule has 1 aliphatic rings. The molecule has 1 aliphatic heterocycles. The van der Waals surface area contributed by atoms with Crippen LogP contribution in [0.5, 0.6) is 0 Å². The summed E-state index contributed by atoms with van der Waals surface area (Å²) in [5.74, 6) is 0.856. The van der Waals surface area contributed by atoms with E-state index >= 15 is 0 Å². The van der Waals surface area contributed by atoms with Crippen LogP contribution in [-0.4, -0.2) is 26.2 Å². The van der Waals surface area contributed by atoms with Gasteiger partial charge >= 0.3 is 0 Å². The molecule has 0 aromatic carbocycles. The number of hydrogen-bond acceptors (Lipinski definition) is 2. The molecule has 72 valence electrons. The second-order valence-corrected chi connectivity index (χ2v) is 3.24. The quantitative estimate of drug-likeness (QED) is 0.612. The maximum Gasteiger partial charge on any atom is 0.00765 e. The average molecular weight is 170 g/mol. The highest BCUT2D eigenvalue weighted by atomic mass is 14.9. The first-order valence-corrected chi connectivity index (χ1v) is 4.71. The van der Waals surface area contributed by atoms with Crippen LogP contribution < -0.4 is 10.6 Å². The molecule has 12 heavy (non-hydrogen) atoms. The van der Waals surface area contributed by atoms with Gasteiger partial charge in [0.05, 0.1) is 0 Å². The fourth-order valence-corrected chi connectivity index (χ4v) is 1.34. The third-order valence-electron chi connectivity index (χ3n) is 2.26. The first-order valence-electron chi connectivity index (χ1n) is 4.71. The summed E-state index contributed by atoms with van der Waals surface area (Å²) in [6.07, 6.45) is 3.09. The summed E-state index contributed by atoms with van der Waals surface area (Å²) >= 11 is 0. The Morgan fingerprint density at radius 2 is 2.25 bits per heavy atom. The molecule has 0 spiro atoms. The van der Waals surface area contributed by atoms with Gasteiger partial charge in [0.25, 0.3) is 0 Å². The van der Waals surface area contributed by atoms with E-state index in [9.17, 15) is 0 Å². The zero-order valence-electron chi connectivity index (χ0n) is 8.56. The standard InChI is InChI=1S/C7H16N2.C3H6/c1-6(8-2)7-3-4-9-5-7;1-3-2/h6-9H,3-5H2,1-2H3;3H,1H2,2H3. The molecule has 2 unspecified atom stereocenters. The molecule has 0 saturated carbocycles. The Bertz CT molecular complexity index is 106. The zero-order valence-corrected chi connectivity index (χ0v) is 8.56. The van der Waals surface area contributed by atoms with E-state index in [1.165, 1.54) is 19.5 Å². The number of rotatable bonds is 2. The molecule has 2 N–H and O–H groups in total. The van der Waals surface area contributed by atoms with Crippen molar-refractivity contribution in [3.8, 4) is 0 Å². The van der Waals surface area contributed by atoms with Crippen LogP contribution in [-0.2, 0) is 0 Å². The number of nitrogens with one attached hydrogen (secondary N) is 2. The van der Waals surface area contributed by atoms with Gasteiger partial charge in [-0.15, -0.1) is 6.58 Å². The van der Waals surface area contributed by atoms with Crippen LogP contribution in [0, 0.1) is 5.92 Å². The highest BCUT2D eigenvalue weighted by molar-refractivity contribution is 4.78. The topological polar surface area (TPSA) is 24.1 Å². The van der Waals surface area contributed by atoms with E-state index in [0.29, 0.717) is 6.04 Å². The van der Waals surface area contributed by atoms with Gasteiger partial charge in [0.2, 0.25) is 0 Å². The molecule has 0 aliphatic carbocycles. The lowest BCUT2D eigenvalue weighted by atomic mass is 10.0. The van der Waals surface area contributed by atoms with Gasteiger partial charge in [-0.05, 0) is 46.3 Å². The van der Waals surface area contributed by atoms with Crippen molar-refractivity contribution in [3.05, 3.63) is 12.7 Å². The second kappa shape index (κ2) is 7.32. The SMILES string of the molecule is C=CC.CNC(C)C1CCNC1. The van der Waals surface area contributed by atoms with Crippen LogP contribution in [0.2, 0.25) is 0 Å². The van der Waals surface area contributed by atoms with E-state index in [2.05, 4.69) is 24.1 Å². The van der Waals surface area contributed by atoms with Crippen LogP contribution in [0.15, 0.2) is 12.7 Å². The van der Waals surface area contributed by atoms with Crippen molar-refractivity contribution in [2.24, 2.45) is 5.92 Å². The molecule has 0 aromatic rings. The predicted octanol–water partition coefficient (Wildman–Crippen LogP) is 1.40. The molecular weight excluding hydrogens is 148 g/mol. The van der Waals surface area contributed by atoms with Gasteiger partial charge in [0, 0.05) is 6.04 Å². The molecule has 1 fully saturated rings. The van der Waals surface area contributed by atoms with Crippen molar-refractivity contribution in [2.75, 3.05) is 20.1 Å². The van der Waals surface area contributed by atoms with Gasteiger partial charge in [-0.2, -0.15) is 0 Å². The van der Waals surface area contributed by atoms with Crippen molar-refractivity contribution in [3.63, 3.8) is 0 Å². The third-order valence-corrected chi connectivity index (χ3v) is 2.26. The summed E-state index contributed by atoms with van der Waals surface area (Å²) in [5.41, 5.74) is 0. The highest BCUT2D eigenvalue weighted by Crippen LogP contribution is 2.11.